The zero-order chi connectivity index (χ0) is 12.6. The van der Waals surface area contributed by atoms with Crippen LogP contribution in [0.5, 0.6) is 0 Å². The highest BCUT2D eigenvalue weighted by atomic mass is 35.5. The molecule has 1 saturated heterocycles. The van der Waals surface area contributed by atoms with Crippen molar-refractivity contribution in [3.05, 3.63) is 29.3 Å². The first-order valence-corrected chi connectivity index (χ1v) is 6.07. The lowest BCUT2D eigenvalue weighted by atomic mass is 9.88. The summed E-state index contributed by atoms with van der Waals surface area (Å²) in [5.41, 5.74) is 0.669. The van der Waals surface area contributed by atoms with E-state index in [1.54, 1.807) is 0 Å². The number of carboxylic acid groups (broad SMARTS) is 1. The lowest BCUT2D eigenvalue weighted by Crippen LogP contribution is -2.45. The van der Waals surface area contributed by atoms with E-state index < -0.39 is 5.97 Å². The van der Waals surface area contributed by atoms with Gasteiger partial charge in [0.1, 0.15) is 0 Å². The third-order valence-corrected chi connectivity index (χ3v) is 3.88. The van der Waals surface area contributed by atoms with Crippen LogP contribution in [0.25, 0.3) is 0 Å². The number of halogens is 1. The van der Waals surface area contributed by atoms with Crippen molar-refractivity contribution < 1.29 is 9.90 Å². The molecule has 0 aromatic heterocycles. The Balaban J connectivity index is 2.29. The van der Waals surface area contributed by atoms with Gasteiger partial charge < -0.3 is 10.0 Å². The van der Waals surface area contributed by atoms with Gasteiger partial charge in [-0.05, 0) is 44.5 Å². The van der Waals surface area contributed by atoms with Gasteiger partial charge in [0.25, 0.3) is 0 Å². The van der Waals surface area contributed by atoms with Gasteiger partial charge in [0.15, 0.2) is 0 Å². The van der Waals surface area contributed by atoms with Gasteiger partial charge >= 0.3 is 5.97 Å². The molecule has 1 unspecified atom stereocenters. The lowest BCUT2D eigenvalue weighted by Gasteiger charge is -2.36. The Morgan fingerprint density at radius 1 is 1.41 bits per heavy atom. The maximum Gasteiger partial charge on any atom is 0.308 e. The molecule has 1 heterocycles. The van der Waals surface area contributed by atoms with Crippen LogP contribution < -0.4 is 4.90 Å². The fraction of sp³-hybridized carbons (Fsp3) is 0.462. The maximum absolute atomic E-state index is 11.2. The number of aliphatic carboxylic acids is 1. The topological polar surface area (TPSA) is 40.5 Å². The van der Waals surface area contributed by atoms with E-state index in [1.165, 1.54) is 0 Å². The van der Waals surface area contributed by atoms with E-state index in [2.05, 4.69) is 4.90 Å². The van der Waals surface area contributed by atoms with Crippen LogP contribution in [0.4, 0.5) is 5.69 Å². The average molecular weight is 254 g/mol. The molecule has 17 heavy (non-hydrogen) atoms. The molecular weight excluding hydrogens is 238 g/mol. The van der Waals surface area contributed by atoms with Crippen LogP contribution in [0, 0.1) is 5.92 Å². The van der Waals surface area contributed by atoms with E-state index in [4.69, 9.17) is 11.6 Å². The molecule has 92 valence electrons. The van der Waals surface area contributed by atoms with E-state index in [1.807, 2.05) is 38.1 Å². The molecule has 0 aliphatic carbocycles. The van der Waals surface area contributed by atoms with E-state index in [9.17, 15) is 9.90 Å². The minimum atomic E-state index is -0.716. The number of carbonyl (C=O) groups is 1. The van der Waals surface area contributed by atoms with Gasteiger partial charge in [-0.2, -0.15) is 0 Å². The van der Waals surface area contributed by atoms with Gasteiger partial charge in [-0.1, -0.05) is 11.6 Å². The molecule has 3 nitrogen and oxygen atoms in total. The van der Waals surface area contributed by atoms with Crippen molar-refractivity contribution >= 4 is 23.3 Å². The summed E-state index contributed by atoms with van der Waals surface area (Å²) in [4.78, 5) is 13.3. The second kappa shape index (κ2) is 4.22. The Bertz CT molecular complexity index is 428. The summed E-state index contributed by atoms with van der Waals surface area (Å²) in [7, 11) is 0. The average Bonchev–Trinajstić information content (AvgIpc) is 2.55. The third kappa shape index (κ3) is 2.12. The first-order chi connectivity index (χ1) is 7.93. The van der Waals surface area contributed by atoms with Gasteiger partial charge in [0, 0.05) is 22.8 Å². The largest absolute Gasteiger partial charge is 0.481 e. The van der Waals surface area contributed by atoms with Crippen molar-refractivity contribution in [2.45, 2.75) is 25.8 Å². The maximum atomic E-state index is 11.2. The standard InChI is InChI=1S/C13H16ClNO2/c1-13(2)11(12(16)17)7-8-15(13)10-5-3-9(14)4-6-10/h3-6,11H,7-8H2,1-2H3,(H,16,17). The molecule has 0 saturated carbocycles. The van der Waals surface area contributed by atoms with Crippen molar-refractivity contribution in [1.82, 2.24) is 0 Å². The van der Waals surface area contributed by atoms with Gasteiger partial charge in [-0.25, -0.2) is 0 Å². The van der Waals surface area contributed by atoms with E-state index in [-0.39, 0.29) is 11.5 Å². The van der Waals surface area contributed by atoms with Gasteiger partial charge in [-0.3, -0.25) is 4.79 Å². The fourth-order valence-corrected chi connectivity index (χ4v) is 2.72. The Morgan fingerprint density at radius 3 is 2.47 bits per heavy atom. The van der Waals surface area contributed by atoms with Gasteiger partial charge in [0.05, 0.1) is 5.92 Å². The highest BCUT2D eigenvalue weighted by Gasteiger charge is 2.45. The zero-order valence-corrected chi connectivity index (χ0v) is 10.7. The molecule has 2 rings (SSSR count). The van der Waals surface area contributed by atoms with E-state index in [0.717, 1.165) is 12.2 Å². The second-order valence-electron chi connectivity index (χ2n) is 4.96. The molecule has 0 amide bonds. The summed E-state index contributed by atoms with van der Waals surface area (Å²) in [6, 6.07) is 7.55. The number of hydrogen-bond acceptors (Lipinski definition) is 2. The summed E-state index contributed by atoms with van der Waals surface area (Å²) < 4.78 is 0. The first kappa shape index (κ1) is 12.2. The molecule has 0 bridgehead atoms. The number of benzene rings is 1. The molecule has 1 aromatic carbocycles. The summed E-state index contributed by atoms with van der Waals surface area (Å²) in [6.07, 6.45) is 0.685. The van der Waals surface area contributed by atoms with Crippen LogP contribution in [-0.4, -0.2) is 23.2 Å². The molecule has 1 aromatic rings. The summed E-state index contributed by atoms with van der Waals surface area (Å²) in [6.45, 7) is 4.73. The summed E-state index contributed by atoms with van der Waals surface area (Å²) in [5.74, 6) is -1.04. The van der Waals surface area contributed by atoms with Crippen molar-refractivity contribution in [1.29, 1.82) is 0 Å². The number of nitrogens with zero attached hydrogens (tertiary/aromatic N) is 1. The highest BCUT2D eigenvalue weighted by Crippen LogP contribution is 2.38. The molecule has 1 atom stereocenters. The zero-order valence-electron chi connectivity index (χ0n) is 9.98. The predicted octanol–water partition coefficient (Wildman–Crippen LogP) is 3.03. The summed E-state index contributed by atoms with van der Waals surface area (Å²) in [5, 5.41) is 9.90. The number of carboxylic acids is 1. The monoisotopic (exact) mass is 253 g/mol. The van der Waals surface area contributed by atoms with E-state index in [0.29, 0.717) is 11.4 Å². The predicted molar refractivity (Wildman–Crippen MR) is 68.6 cm³/mol. The molecule has 0 radical (unpaired) electrons. The Morgan fingerprint density at radius 2 is 2.00 bits per heavy atom. The van der Waals surface area contributed by atoms with E-state index >= 15 is 0 Å². The van der Waals surface area contributed by atoms with Crippen LogP contribution in [0.2, 0.25) is 5.02 Å². The molecule has 4 heteroatoms. The Labute approximate surface area is 106 Å². The lowest BCUT2D eigenvalue weighted by molar-refractivity contribution is -0.142. The first-order valence-electron chi connectivity index (χ1n) is 5.69. The van der Waals surface area contributed by atoms with Crippen molar-refractivity contribution in [2.24, 2.45) is 5.92 Å². The van der Waals surface area contributed by atoms with Crippen LogP contribution in [0.1, 0.15) is 20.3 Å². The van der Waals surface area contributed by atoms with Crippen LogP contribution in [0.15, 0.2) is 24.3 Å². The minimum absolute atomic E-state index is 0.321. The van der Waals surface area contributed by atoms with Crippen LogP contribution in [-0.2, 0) is 4.79 Å². The van der Waals surface area contributed by atoms with Gasteiger partial charge in [-0.15, -0.1) is 0 Å². The van der Waals surface area contributed by atoms with Crippen LogP contribution in [0.3, 0.4) is 0 Å². The molecular formula is C13H16ClNO2. The second-order valence-corrected chi connectivity index (χ2v) is 5.40. The third-order valence-electron chi connectivity index (χ3n) is 3.63. The van der Waals surface area contributed by atoms with Crippen molar-refractivity contribution in [3.8, 4) is 0 Å². The normalized spacial score (nSPS) is 22.8. The summed E-state index contributed by atoms with van der Waals surface area (Å²) >= 11 is 5.86. The Kier molecular flexibility index (Phi) is 3.04. The number of rotatable bonds is 2. The smallest absolute Gasteiger partial charge is 0.308 e. The molecule has 1 N–H and O–H groups in total. The van der Waals surface area contributed by atoms with Crippen LogP contribution >= 0.6 is 11.6 Å². The SMILES string of the molecule is CC1(C)C(C(=O)O)CCN1c1ccc(Cl)cc1. The molecule has 1 fully saturated rings. The van der Waals surface area contributed by atoms with Gasteiger partial charge in [0.2, 0.25) is 0 Å². The van der Waals surface area contributed by atoms with Crippen molar-refractivity contribution in [2.75, 3.05) is 11.4 Å². The minimum Gasteiger partial charge on any atom is -0.481 e. The number of hydrogen-bond donors (Lipinski definition) is 1. The number of anilines is 1. The Hall–Kier alpha value is -1.22. The molecule has 1 aliphatic rings. The highest BCUT2D eigenvalue weighted by molar-refractivity contribution is 6.30. The quantitative estimate of drug-likeness (QED) is 0.881. The molecule has 0 spiro atoms. The fourth-order valence-electron chi connectivity index (χ4n) is 2.60. The molecule has 1 aliphatic heterocycles. The van der Waals surface area contributed by atoms with Crippen molar-refractivity contribution in [3.63, 3.8) is 0 Å².